The fourth-order valence-electron chi connectivity index (χ4n) is 2.52. The summed E-state index contributed by atoms with van der Waals surface area (Å²) in [6.45, 7) is 1.96. The number of amidine groups is 1. The van der Waals surface area contributed by atoms with Crippen molar-refractivity contribution in [1.29, 1.82) is 5.41 Å². The van der Waals surface area contributed by atoms with Gasteiger partial charge in [-0.15, -0.1) is 0 Å². The molecule has 3 rings (SSSR count). The minimum absolute atomic E-state index is 0.0454. The molecule has 3 N–H and O–H groups in total. The summed E-state index contributed by atoms with van der Waals surface area (Å²) < 4.78 is 5.84. The van der Waals surface area contributed by atoms with Gasteiger partial charge >= 0.3 is 0 Å². The molecule has 4 nitrogen and oxygen atoms in total. The standard InChI is InChI=1S/C16H16ClN3O/c1-9-5-6-12(17)14(7-9)21-16-11(15(18)19)8-10-3-2-4-13(10)20-16/h5-8H,2-4H2,1H3,(H3,18,19). The number of ether oxygens (including phenoxy) is 1. The molecule has 0 fully saturated rings. The molecule has 0 saturated carbocycles. The Balaban J connectivity index is 2.05. The van der Waals surface area contributed by atoms with E-state index >= 15 is 0 Å². The first-order valence-electron chi connectivity index (χ1n) is 6.86. The molecule has 2 aromatic rings. The first kappa shape index (κ1) is 13.9. The normalized spacial score (nSPS) is 13.0. The summed E-state index contributed by atoms with van der Waals surface area (Å²) in [4.78, 5) is 4.54. The third-order valence-electron chi connectivity index (χ3n) is 3.60. The predicted molar refractivity (Wildman–Crippen MR) is 83.5 cm³/mol. The highest BCUT2D eigenvalue weighted by molar-refractivity contribution is 6.32. The molecule has 0 spiro atoms. The summed E-state index contributed by atoms with van der Waals surface area (Å²) in [5.74, 6) is 0.844. The topological polar surface area (TPSA) is 72.0 Å². The van der Waals surface area contributed by atoms with Gasteiger partial charge in [-0.2, -0.15) is 0 Å². The summed E-state index contributed by atoms with van der Waals surface area (Å²) >= 11 is 6.16. The maximum absolute atomic E-state index is 7.73. The van der Waals surface area contributed by atoms with E-state index in [1.54, 1.807) is 6.07 Å². The maximum atomic E-state index is 7.73. The molecule has 0 radical (unpaired) electrons. The number of fused-ring (bicyclic) bond motifs is 1. The van der Waals surface area contributed by atoms with Crippen molar-refractivity contribution in [3.05, 3.63) is 51.7 Å². The van der Waals surface area contributed by atoms with Crippen molar-refractivity contribution in [2.24, 2.45) is 5.73 Å². The fraction of sp³-hybridized carbons (Fsp3) is 0.250. The number of halogens is 1. The van der Waals surface area contributed by atoms with Gasteiger partial charge in [0.15, 0.2) is 0 Å². The van der Waals surface area contributed by atoms with E-state index < -0.39 is 0 Å². The quantitative estimate of drug-likeness (QED) is 0.672. The number of hydrogen-bond donors (Lipinski definition) is 2. The van der Waals surface area contributed by atoms with Crippen LogP contribution >= 0.6 is 11.6 Å². The zero-order valence-electron chi connectivity index (χ0n) is 11.7. The van der Waals surface area contributed by atoms with E-state index in [0.29, 0.717) is 22.2 Å². The molecule has 1 aliphatic carbocycles. The third kappa shape index (κ3) is 2.72. The van der Waals surface area contributed by atoms with Gasteiger partial charge in [0.05, 0.1) is 10.6 Å². The van der Waals surface area contributed by atoms with E-state index in [1.165, 1.54) is 0 Å². The van der Waals surface area contributed by atoms with Crippen LogP contribution in [0.15, 0.2) is 24.3 Å². The van der Waals surface area contributed by atoms with Gasteiger partial charge in [0, 0.05) is 5.69 Å². The highest BCUT2D eigenvalue weighted by Crippen LogP contribution is 2.33. The maximum Gasteiger partial charge on any atom is 0.230 e. The molecule has 0 amide bonds. The summed E-state index contributed by atoms with van der Waals surface area (Å²) in [6, 6.07) is 7.46. The van der Waals surface area contributed by atoms with Crippen LogP contribution in [0.4, 0.5) is 0 Å². The number of hydrogen-bond acceptors (Lipinski definition) is 3. The van der Waals surface area contributed by atoms with Crippen LogP contribution in [-0.4, -0.2) is 10.8 Å². The van der Waals surface area contributed by atoms with E-state index in [9.17, 15) is 0 Å². The molecule has 0 bridgehead atoms. The molecule has 5 heteroatoms. The van der Waals surface area contributed by atoms with Gasteiger partial charge in [-0.1, -0.05) is 17.7 Å². The molecular weight excluding hydrogens is 286 g/mol. The summed E-state index contributed by atoms with van der Waals surface area (Å²) in [6.07, 6.45) is 2.99. The van der Waals surface area contributed by atoms with Crippen molar-refractivity contribution < 1.29 is 4.74 Å². The number of nitrogens with two attached hydrogens (primary N) is 1. The molecule has 1 heterocycles. The van der Waals surface area contributed by atoms with Crippen LogP contribution < -0.4 is 10.5 Å². The first-order chi connectivity index (χ1) is 10.0. The number of benzene rings is 1. The van der Waals surface area contributed by atoms with Crippen LogP contribution in [0.1, 0.15) is 28.8 Å². The van der Waals surface area contributed by atoms with Crippen molar-refractivity contribution in [2.75, 3.05) is 0 Å². The Morgan fingerprint density at radius 1 is 1.33 bits per heavy atom. The Kier molecular flexibility index (Phi) is 3.55. The highest BCUT2D eigenvalue weighted by Gasteiger charge is 2.19. The van der Waals surface area contributed by atoms with Gasteiger partial charge < -0.3 is 10.5 Å². The van der Waals surface area contributed by atoms with Gasteiger partial charge in [-0.3, -0.25) is 5.41 Å². The second kappa shape index (κ2) is 5.37. The highest BCUT2D eigenvalue weighted by atomic mass is 35.5. The lowest BCUT2D eigenvalue weighted by Crippen LogP contribution is -2.14. The molecule has 0 aliphatic heterocycles. The zero-order valence-corrected chi connectivity index (χ0v) is 12.5. The summed E-state index contributed by atoms with van der Waals surface area (Å²) in [7, 11) is 0. The smallest absolute Gasteiger partial charge is 0.230 e. The van der Waals surface area contributed by atoms with E-state index in [-0.39, 0.29) is 5.84 Å². The average Bonchev–Trinajstić information content (AvgIpc) is 2.89. The van der Waals surface area contributed by atoms with Crippen molar-refractivity contribution in [1.82, 2.24) is 4.98 Å². The minimum Gasteiger partial charge on any atom is -0.437 e. The molecule has 0 atom stereocenters. The van der Waals surface area contributed by atoms with Gasteiger partial charge in [0.2, 0.25) is 5.88 Å². The zero-order chi connectivity index (χ0) is 15.0. The number of pyridine rings is 1. The molecular formula is C16H16ClN3O. The van der Waals surface area contributed by atoms with Crippen LogP contribution in [0.5, 0.6) is 11.6 Å². The number of nitrogens with one attached hydrogen (secondary N) is 1. The lowest BCUT2D eigenvalue weighted by molar-refractivity contribution is 0.459. The third-order valence-corrected chi connectivity index (χ3v) is 3.91. The van der Waals surface area contributed by atoms with Crippen LogP contribution in [0.2, 0.25) is 5.02 Å². The number of nitrogen functional groups attached to an aromatic ring is 1. The number of rotatable bonds is 3. The van der Waals surface area contributed by atoms with E-state index in [4.69, 9.17) is 27.5 Å². The Hall–Kier alpha value is -2.07. The van der Waals surface area contributed by atoms with Crippen LogP contribution in [0, 0.1) is 12.3 Å². The minimum atomic E-state index is -0.0454. The number of nitrogens with zero attached hydrogens (tertiary/aromatic N) is 1. The molecule has 108 valence electrons. The Morgan fingerprint density at radius 2 is 2.14 bits per heavy atom. The molecule has 1 aliphatic rings. The van der Waals surface area contributed by atoms with E-state index in [1.807, 2.05) is 25.1 Å². The Morgan fingerprint density at radius 3 is 2.90 bits per heavy atom. The Bertz CT molecular complexity index is 728. The molecule has 21 heavy (non-hydrogen) atoms. The summed E-state index contributed by atoms with van der Waals surface area (Å²) in [5, 5.41) is 8.24. The van der Waals surface area contributed by atoms with Crippen LogP contribution in [0.3, 0.4) is 0 Å². The van der Waals surface area contributed by atoms with Gasteiger partial charge in [-0.05, 0) is 55.5 Å². The number of aromatic nitrogens is 1. The van der Waals surface area contributed by atoms with Crippen molar-refractivity contribution in [3.63, 3.8) is 0 Å². The van der Waals surface area contributed by atoms with Crippen LogP contribution in [-0.2, 0) is 12.8 Å². The lowest BCUT2D eigenvalue weighted by Gasteiger charge is -2.13. The van der Waals surface area contributed by atoms with Crippen molar-refractivity contribution in [3.8, 4) is 11.6 Å². The average molecular weight is 302 g/mol. The molecule has 0 unspecified atom stereocenters. The van der Waals surface area contributed by atoms with E-state index in [0.717, 1.165) is 36.1 Å². The van der Waals surface area contributed by atoms with Crippen LogP contribution in [0.25, 0.3) is 0 Å². The van der Waals surface area contributed by atoms with Gasteiger partial charge in [-0.25, -0.2) is 4.98 Å². The van der Waals surface area contributed by atoms with E-state index in [2.05, 4.69) is 4.98 Å². The SMILES string of the molecule is Cc1ccc(Cl)c(Oc2nc3c(cc2C(=N)N)CCC3)c1. The molecule has 1 aromatic heterocycles. The fourth-order valence-corrected chi connectivity index (χ4v) is 2.67. The first-order valence-corrected chi connectivity index (χ1v) is 7.23. The van der Waals surface area contributed by atoms with Crippen molar-refractivity contribution in [2.45, 2.75) is 26.2 Å². The lowest BCUT2D eigenvalue weighted by atomic mass is 10.1. The predicted octanol–water partition coefficient (Wildman–Crippen LogP) is 3.61. The summed E-state index contributed by atoms with van der Waals surface area (Å²) in [5.41, 5.74) is 9.41. The number of aryl methyl sites for hydroxylation is 3. The van der Waals surface area contributed by atoms with Gasteiger partial charge in [0.1, 0.15) is 11.6 Å². The molecule has 0 saturated heterocycles. The second-order valence-electron chi connectivity index (χ2n) is 5.25. The monoisotopic (exact) mass is 301 g/mol. The Labute approximate surface area is 128 Å². The van der Waals surface area contributed by atoms with Crippen molar-refractivity contribution >= 4 is 17.4 Å². The largest absolute Gasteiger partial charge is 0.437 e. The molecule has 1 aromatic carbocycles. The van der Waals surface area contributed by atoms with Gasteiger partial charge in [0.25, 0.3) is 0 Å². The second-order valence-corrected chi connectivity index (χ2v) is 5.66.